The summed E-state index contributed by atoms with van der Waals surface area (Å²) in [5, 5.41) is 16.2. The largest absolute Gasteiger partial charge is 0.452 e. The summed E-state index contributed by atoms with van der Waals surface area (Å²) in [7, 11) is 0. The second-order valence-corrected chi connectivity index (χ2v) is 6.81. The van der Waals surface area contributed by atoms with Crippen LogP contribution in [-0.2, 0) is 14.3 Å². The third-order valence-electron chi connectivity index (χ3n) is 4.51. The van der Waals surface area contributed by atoms with Crippen LogP contribution in [0.15, 0.2) is 18.2 Å². The summed E-state index contributed by atoms with van der Waals surface area (Å²) in [6.45, 7) is 4.82. The number of ether oxygens (including phenoxy) is 1. The van der Waals surface area contributed by atoms with Crippen molar-refractivity contribution in [1.29, 1.82) is 0 Å². The zero-order chi connectivity index (χ0) is 21.4. The van der Waals surface area contributed by atoms with Gasteiger partial charge in [0.2, 0.25) is 5.91 Å². The third kappa shape index (κ3) is 6.16. The van der Waals surface area contributed by atoms with E-state index in [-0.39, 0.29) is 17.2 Å². The molecule has 29 heavy (non-hydrogen) atoms. The lowest BCUT2D eigenvalue weighted by atomic mass is 10.1. The SMILES string of the molecule is CCCNC(=O)[C@@H](C)NC(=O)COC(=O)c1cc([N+](=O)[O-])ccc1N1CCCC1. The van der Waals surface area contributed by atoms with E-state index in [1.54, 1.807) is 0 Å². The Balaban J connectivity index is 2.02. The standard InChI is InChI=1S/C19H26N4O6/c1-3-8-20-18(25)13(2)21-17(24)12-29-19(26)15-11-14(23(27)28)6-7-16(15)22-9-4-5-10-22/h6-7,11,13H,3-5,8-10,12H2,1-2H3,(H,20,25)(H,21,24)/t13-/m1/s1. The van der Waals surface area contributed by atoms with E-state index in [0.717, 1.165) is 38.4 Å². The Kier molecular flexibility index (Phi) is 7.93. The monoisotopic (exact) mass is 406 g/mol. The zero-order valence-corrected chi connectivity index (χ0v) is 16.6. The minimum absolute atomic E-state index is 0.0441. The van der Waals surface area contributed by atoms with Crippen molar-refractivity contribution in [3.63, 3.8) is 0 Å². The van der Waals surface area contributed by atoms with Gasteiger partial charge in [0, 0.05) is 31.8 Å². The lowest BCUT2D eigenvalue weighted by Gasteiger charge is -2.20. The number of nitro benzene ring substituents is 1. The van der Waals surface area contributed by atoms with Crippen molar-refractivity contribution in [2.45, 2.75) is 39.2 Å². The van der Waals surface area contributed by atoms with Crippen LogP contribution in [0.2, 0.25) is 0 Å². The predicted octanol–water partition coefficient (Wildman–Crippen LogP) is 1.38. The first-order valence-corrected chi connectivity index (χ1v) is 9.61. The number of carbonyl (C=O) groups excluding carboxylic acids is 3. The second kappa shape index (κ2) is 10.4. The molecular formula is C19H26N4O6. The molecule has 158 valence electrons. The number of nitro groups is 1. The Bertz CT molecular complexity index is 776. The summed E-state index contributed by atoms with van der Waals surface area (Å²) in [5.41, 5.74) is 0.360. The minimum Gasteiger partial charge on any atom is -0.452 e. The van der Waals surface area contributed by atoms with E-state index < -0.39 is 29.4 Å². The van der Waals surface area contributed by atoms with E-state index in [9.17, 15) is 24.5 Å². The van der Waals surface area contributed by atoms with Gasteiger partial charge >= 0.3 is 5.97 Å². The van der Waals surface area contributed by atoms with Crippen LogP contribution >= 0.6 is 0 Å². The number of anilines is 1. The molecule has 1 saturated heterocycles. The molecule has 1 heterocycles. The van der Waals surface area contributed by atoms with Gasteiger partial charge in [-0.3, -0.25) is 19.7 Å². The fourth-order valence-corrected chi connectivity index (χ4v) is 2.99. The molecule has 1 aliphatic heterocycles. The molecule has 10 nitrogen and oxygen atoms in total. The Morgan fingerprint density at radius 3 is 2.59 bits per heavy atom. The van der Waals surface area contributed by atoms with Crippen LogP contribution in [0.4, 0.5) is 11.4 Å². The molecule has 1 atom stereocenters. The molecule has 0 radical (unpaired) electrons. The topological polar surface area (TPSA) is 131 Å². The van der Waals surface area contributed by atoms with Crippen molar-refractivity contribution in [1.82, 2.24) is 10.6 Å². The van der Waals surface area contributed by atoms with Crippen LogP contribution in [-0.4, -0.2) is 55.0 Å². The first-order chi connectivity index (χ1) is 13.8. The van der Waals surface area contributed by atoms with Gasteiger partial charge in [-0.2, -0.15) is 0 Å². The van der Waals surface area contributed by atoms with Crippen LogP contribution in [0.25, 0.3) is 0 Å². The van der Waals surface area contributed by atoms with Crippen LogP contribution in [0.3, 0.4) is 0 Å². The Morgan fingerprint density at radius 1 is 1.28 bits per heavy atom. The van der Waals surface area contributed by atoms with Crippen molar-refractivity contribution >= 4 is 29.2 Å². The molecule has 2 rings (SSSR count). The molecule has 1 aromatic rings. The van der Waals surface area contributed by atoms with Gasteiger partial charge in [-0.25, -0.2) is 4.79 Å². The second-order valence-electron chi connectivity index (χ2n) is 6.81. The number of nitrogens with one attached hydrogen (secondary N) is 2. The molecule has 2 amide bonds. The average molecular weight is 406 g/mol. The van der Waals surface area contributed by atoms with Crippen molar-refractivity contribution in [3.05, 3.63) is 33.9 Å². The number of carbonyl (C=O) groups is 3. The average Bonchev–Trinajstić information content (AvgIpc) is 3.24. The number of hydrogen-bond donors (Lipinski definition) is 2. The summed E-state index contributed by atoms with van der Waals surface area (Å²) in [6, 6.07) is 3.26. The quantitative estimate of drug-likeness (QED) is 0.360. The van der Waals surface area contributed by atoms with Crippen molar-refractivity contribution in [2.75, 3.05) is 31.1 Å². The minimum atomic E-state index is -0.825. The van der Waals surface area contributed by atoms with Gasteiger partial charge < -0.3 is 20.3 Å². The molecule has 0 aromatic heterocycles. The maximum absolute atomic E-state index is 12.5. The van der Waals surface area contributed by atoms with Gasteiger partial charge in [-0.05, 0) is 32.3 Å². The Labute approximate surface area is 168 Å². The highest BCUT2D eigenvalue weighted by molar-refractivity contribution is 5.98. The van der Waals surface area contributed by atoms with Gasteiger partial charge in [0.1, 0.15) is 6.04 Å². The van der Waals surface area contributed by atoms with Gasteiger partial charge in [-0.1, -0.05) is 6.92 Å². The highest BCUT2D eigenvalue weighted by Gasteiger charge is 2.24. The van der Waals surface area contributed by atoms with Crippen LogP contribution in [0, 0.1) is 10.1 Å². The maximum Gasteiger partial charge on any atom is 0.341 e. The number of amides is 2. The first kappa shape index (κ1) is 22.1. The van der Waals surface area contributed by atoms with Crippen molar-refractivity contribution < 1.29 is 24.0 Å². The highest BCUT2D eigenvalue weighted by Crippen LogP contribution is 2.28. The van der Waals surface area contributed by atoms with E-state index in [0.29, 0.717) is 12.2 Å². The fourth-order valence-electron chi connectivity index (χ4n) is 2.99. The summed E-state index contributed by atoms with van der Waals surface area (Å²) in [6.07, 6.45) is 2.70. The highest BCUT2D eigenvalue weighted by atomic mass is 16.6. The Hall–Kier alpha value is -3.17. The normalized spacial score (nSPS) is 14.2. The first-order valence-electron chi connectivity index (χ1n) is 9.61. The molecule has 2 N–H and O–H groups in total. The van der Waals surface area contributed by atoms with Crippen LogP contribution in [0.1, 0.15) is 43.5 Å². The summed E-state index contributed by atoms with van der Waals surface area (Å²) in [5.74, 6) is -1.79. The van der Waals surface area contributed by atoms with E-state index in [4.69, 9.17) is 4.74 Å². The molecule has 0 aliphatic carbocycles. The number of nitrogens with zero attached hydrogens (tertiary/aromatic N) is 2. The third-order valence-corrected chi connectivity index (χ3v) is 4.51. The van der Waals surface area contributed by atoms with E-state index >= 15 is 0 Å². The molecule has 0 spiro atoms. The predicted molar refractivity (Wildman–Crippen MR) is 106 cm³/mol. The van der Waals surface area contributed by atoms with Crippen LogP contribution < -0.4 is 15.5 Å². The lowest BCUT2D eigenvalue weighted by molar-refractivity contribution is -0.384. The summed E-state index contributed by atoms with van der Waals surface area (Å²) < 4.78 is 5.05. The smallest absolute Gasteiger partial charge is 0.341 e. The van der Waals surface area contributed by atoms with Gasteiger partial charge in [0.15, 0.2) is 6.61 Å². The molecule has 0 unspecified atom stereocenters. The number of benzene rings is 1. The maximum atomic E-state index is 12.5. The Morgan fingerprint density at radius 2 is 1.97 bits per heavy atom. The molecule has 0 bridgehead atoms. The van der Waals surface area contributed by atoms with Crippen molar-refractivity contribution in [3.8, 4) is 0 Å². The number of hydrogen-bond acceptors (Lipinski definition) is 7. The van der Waals surface area contributed by atoms with Crippen LogP contribution in [0.5, 0.6) is 0 Å². The zero-order valence-electron chi connectivity index (χ0n) is 16.6. The van der Waals surface area contributed by atoms with E-state index in [2.05, 4.69) is 10.6 Å². The molecule has 0 saturated carbocycles. The molecular weight excluding hydrogens is 380 g/mol. The fraction of sp³-hybridized carbons (Fsp3) is 0.526. The number of non-ortho nitro benzene ring substituents is 1. The number of rotatable bonds is 9. The van der Waals surface area contributed by atoms with Gasteiger partial charge in [0.05, 0.1) is 16.2 Å². The molecule has 1 aromatic carbocycles. The van der Waals surface area contributed by atoms with Gasteiger partial charge in [0.25, 0.3) is 11.6 Å². The van der Waals surface area contributed by atoms with E-state index in [1.807, 2.05) is 11.8 Å². The van der Waals surface area contributed by atoms with E-state index in [1.165, 1.54) is 19.1 Å². The van der Waals surface area contributed by atoms with Gasteiger partial charge in [-0.15, -0.1) is 0 Å². The van der Waals surface area contributed by atoms with Crippen molar-refractivity contribution in [2.24, 2.45) is 0 Å². The molecule has 1 aliphatic rings. The summed E-state index contributed by atoms with van der Waals surface area (Å²) >= 11 is 0. The summed E-state index contributed by atoms with van der Waals surface area (Å²) in [4.78, 5) is 48.8. The molecule has 1 fully saturated rings. The number of esters is 1. The molecule has 10 heteroatoms. The lowest BCUT2D eigenvalue weighted by Crippen LogP contribution is -2.46.